The summed E-state index contributed by atoms with van der Waals surface area (Å²) in [5, 5.41) is 3.88. The second-order valence-corrected chi connectivity index (χ2v) is 6.08. The fraction of sp³-hybridized carbons (Fsp3) is 0.294. The first-order valence-corrected chi connectivity index (χ1v) is 8.15. The van der Waals surface area contributed by atoms with Crippen LogP contribution in [0.2, 0.25) is 0 Å². The van der Waals surface area contributed by atoms with Crippen LogP contribution in [-0.2, 0) is 6.54 Å². The van der Waals surface area contributed by atoms with Crippen LogP contribution < -0.4 is 4.74 Å². The van der Waals surface area contributed by atoms with Gasteiger partial charge in [-0.15, -0.1) is 13.2 Å². The van der Waals surface area contributed by atoms with Crippen molar-refractivity contribution in [2.75, 3.05) is 13.1 Å². The molecule has 7 nitrogen and oxygen atoms in total. The van der Waals surface area contributed by atoms with E-state index in [2.05, 4.69) is 24.8 Å². The van der Waals surface area contributed by atoms with Crippen LogP contribution in [0, 0.1) is 0 Å². The van der Waals surface area contributed by atoms with Gasteiger partial charge in [-0.05, 0) is 12.1 Å². The van der Waals surface area contributed by atoms with Crippen molar-refractivity contribution in [2.24, 2.45) is 0 Å². The summed E-state index contributed by atoms with van der Waals surface area (Å²) in [6.45, 7) is 1.53. The van der Waals surface area contributed by atoms with Crippen LogP contribution in [0.15, 0.2) is 47.2 Å². The molecule has 1 aliphatic heterocycles. The van der Waals surface area contributed by atoms with Crippen LogP contribution in [0.1, 0.15) is 17.4 Å². The highest BCUT2D eigenvalue weighted by atomic mass is 19.4. The molecule has 0 N–H and O–H groups in total. The van der Waals surface area contributed by atoms with Crippen molar-refractivity contribution >= 4 is 0 Å². The van der Waals surface area contributed by atoms with Crippen LogP contribution >= 0.6 is 0 Å². The summed E-state index contributed by atoms with van der Waals surface area (Å²) >= 11 is 0. The summed E-state index contributed by atoms with van der Waals surface area (Å²) in [5.41, 5.74) is 0.470. The first-order valence-electron chi connectivity index (χ1n) is 8.15. The van der Waals surface area contributed by atoms with Gasteiger partial charge >= 0.3 is 6.36 Å². The molecule has 1 aromatic carbocycles. The topological polar surface area (TPSA) is 77.2 Å². The van der Waals surface area contributed by atoms with E-state index in [0.29, 0.717) is 42.7 Å². The van der Waals surface area contributed by atoms with Gasteiger partial charge < -0.3 is 9.26 Å². The van der Waals surface area contributed by atoms with Gasteiger partial charge in [-0.25, -0.2) is 9.97 Å². The van der Waals surface area contributed by atoms with Gasteiger partial charge in [0, 0.05) is 37.6 Å². The van der Waals surface area contributed by atoms with Crippen LogP contribution in [0.3, 0.4) is 0 Å². The lowest BCUT2D eigenvalue weighted by Gasteiger charge is -2.37. The largest absolute Gasteiger partial charge is 0.573 e. The van der Waals surface area contributed by atoms with Gasteiger partial charge in [0.15, 0.2) is 0 Å². The van der Waals surface area contributed by atoms with Crippen molar-refractivity contribution in [3.05, 3.63) is 54.2 Å². The molecule has 0 spiro atoms. The minimum atomic E-state index is -4.72. The summed E-state index contributed by atoms with van der Waals surface area (Å²) < 4.78 is 46.9. The van der Waals surface area contributed by atoms with Gasteiger partial charge in [-0.1, -0.05) is 23.4 Å². The number of likely N-dealkylation sites (tertiary alicyclic amines) is 1. The molecule has 3 heterocycles. The number of rotatable bonds is 5. The number of benzene rings is 1. The standard InChI is InChI=1S/C17H14F3N5O2/c18-17(19,20)26-13-5-2-1-4-11(13)8-25-9-12(10-25)16-23-15(24-27-16)14-21-6-3-7-22-14/h1-7,12H,8-10H2. The van der Waals surface area contributed by atoms with E-state index < -0.39 is 6.36 Å². The molecule has 4 rings (SSSR count). The molecular weight excluding hydrogens is 363 g/mol. The fourth-order valence-electron chi connectivity index (χ4n) is 2.86. The average molecular weight is 377 g/mol. The Morgan fingerprint density at radius 1 is 1.07 bits per heavy atom. The zero-order valence-electron chi connectivity index (χ0n) is 13.9. The van der Waals surface area contributed by atoms with E-state index in [0.717, 1.165) is 0 Å². The van der Waals surface area contributed by atoms with E-state index in [4.69, 9.17) is 4.52 Å². The van der Waals surface area contributed by atoms with E-state index in [-0.39, 0.29) is 11.7 Å². The minimum Gasteiger partial charge on any atom is -0.405 e. The number of halogens is 3. The minimum absolute atomic E-state index is 0.0191. The van der Waals surface area contributed by atoms with Gasteiger partial charge in [-0.2, -0.15) is 4.98 Å². The van der Waals surface area contributed by atoms with E-state index in [1.165, 1.54) is 12.1 Å². The maximum atomic E-state index is 12.5. The van der Waals surface area contributed by atoms with E-state index in [9.17, 15) is 13.2 Å². The van der Waals surface area contributed by atoms with Crippen molar-refractivity contribution in [1.29, 1.82) is 0 Å². The van der Waals surface area contributed by atoms with Crippen molar-refractivity contribution < 1.29 is 22.4 Å². The molecular formula is C17H14F3N5O2. The molecule has 0 amide bonds. The highest BCUT2D eigenvalue weighted by molar-refractivity contribution is 5.40. The fourth-order valence-corrected chi connectivity index (χ4v) is 2.86. The molecule has 0 bridgehead atoms. The molecule has 0 saturated carbocycles. The van der Waals surface area contributed by atoms with Gasteiger partial charge in [0.25, 0.3) is 0 Å². The average Bonchev–Trinajstić information content (AvgIpc) is 3.08. The third-order valence-corrected chi connectivity index (χ3v) is 4.11. The van der Waals surface area contributed by atoms with Crippen LogP contribution in [0.25, 0.3) is 11.6 Å². The smallest absolute Gasteiger partial charge is 0.405 e. The predicted molar refractivity (Wildman–Crippen MR) is 86.5 cm³/mol. The maximum Gasteiger partial charge on any atom is 0.573 e. The Morgan fingerprint density at radius 3 is 2.56 bits per heavy atom. The van der Waals surface area contributed by atoms with Crippen molar-refractivity contribution in [3.63, 3.8) is 0 Å². The monoisotopic (exact) mass is 377 g/mol. The van der Waals surface area contributed by atoms with Crippen LogP contribution in [0.4, 0.5) is 13.2 Å². The summed E-state index contributed by atoms with van der Waals surface area (Å²) in [6, 6.07) is 7.81. The zero-order valence-corrected chi connectivity index (χ0v) is 13.9. The molecule has 1 saturated heterocycles. The number of hydrogen-bond acceptors (Lipinski definition) is 7. The Labute approximate surface area is 151 Å². The lowest BCUT2D eigenvalue weighted by Crippen LogP contribution is -2.44. The van der Waals surface area contributed by atoms with Gasteiger partial charge in [0.1, 0.15) is 5.75 Å². The third kappa shape index (κ3) is 4.05. The van der Waals surface area contributed by atoms with Gasteiger partial charge in [0.2, 0.25) is 17.5 Å². The Morgan fingerprint density at radius 2 is 1.81 bits per heavy atom. The first kappa shape index (κ1) is 17.4. The Bertz CT molecular complexity index is 910. The van der Waals surface area contributed by atoms with Crippen molar-refractivity contribution in [3.8, 4) is 17.4 Å². The highest BCUT2D eigenvalue weighted by Crippen LogP contribution is 2.32. The summed E-state index contributed by atoms with van der Waals surface area (Å²) in [4.78, 5) is 14.4. The molecule has 1 aliphatic rings. The molecule has 0 unspecified atom stereocenters. The number of alkyl halides is 3. The van der Waals surface area contributed by atoms with Gasteiger partial charge in [0.05, 0.1) is 5.92 Å². The van der Waals surface area contributed by atoms with E-state index >= 15 is 0 Å². The second kappa shape index (κ2) is 6.95. The normalized spacial score (nSPS) is 15.5. The van der Waals surface area contributed by atoms with Crippen LogP contribution in [0.5, 0.6) is 5.75 Å². The molecule has 0 radical (unpaired) electrons. The number of hydrogen-bond donors (Lipinski definition) is 0. The molecule has 10 heteroatoms. The molecule has 27 heavy (non-hydrogen) atoms. The molecule has 1 fully saturated rings. The first-order chi connectivity index (χ1) is 13.0. The summed E-state index contributed by atoms with van der Waals surface area (Å²) in [6.07, 6.45) is -1.54. The van der Waals surface area contributed by atoms with Gasteiger partial charge in [-0.3, -0.25) is 4.90 Å². The SMILES string of the molecule is FC(F)(F)Oc1ccccc1CN1CC(c2nc(-c3ncccn3)no2)C1. The summed E-state index contributed by atoms with van der Waals surface area (Å²) in [5.74, 6) is 0.990. The predicted octanol–water partition coefficient (Wildman–Crippen LogP) is 3.02. The zero-order chi connectivity index (χ0) is 18.9. The lowest BCUT2D eigenvalue weighted by atomic mass is 9.99. The van der Waals surface area contributed by atoms with E-state index in [1.807, 2.05) is 4.90 Å². The molecule has 0 aliphatic carbocycles. The second-order valence-electron chi connectivity index (χ2n) is 6.08. The molecule has 2 aromatic heterocycles. The molecule has 0 atom stereocenters. The molecule has 140 valence electrons. The number of nitrogens with zero attached hydrogens (tertiary/aromatic N) is 5. The number of ether oxygens (including phenoxy) is 1. The molecule has 3 aromatic rings. The maximum absolute atomic E-state index is 12.5. The highest BCUT2D eigenvalue weighted by Gasteiger charge is 2.35. The Balaban J connectivity index is 1.38. The Hall–Kier alpha value is -3.01. The quantitative estimate of drug-likeness (QED) is 0.676. The number of aromatic nitrogens is 4. The van der Waals surface area contributed by atoms with E-state index in [1.54, 1.807) is 30.6 Å². The van der Waals surface area contributed by atoms with Crippen LogP contribution in [-0.4, -0.2) is 44.5 Å². The number of para-hydroxylation sites is 1. The van der Waals surface area contributed by atoms with Crippen molar-refractivity contribution in [1.82, 2.24) is 25.0 Å². The van der Waals surface area contributed by atoms with Crippen molar-refractivity contribution in [2.45, 2.75) is 18.8 Å². The third-order valence-electron chi connectivity index (χ3n) is 4.11. The summed E-state index contributed by atoms with van der Waals surface area (Å²) in [7, 11) is 0. The Kier molecular flexibility index (Phi) is 4.48. The lowest BCUT2D eigenvalue weighted by molar-refractivity contribution is -0.275.